The van der Waals surface area contributed by atoms with Gasteiger partial charge in [-0.1, -0.05) is 18.2 Å². The van der Waals surface area contributed by atoms with Gasteiger partial charge in [0.25, 0.3) is 5.91 Å². The summed E-state index contributed by atoms with van der Waals surface area (Å²) in [5, 5.41) is 7.02. The predicted molar refractivity (Wildman–Crippen MR) is 78.4 cm³/mol. The molecule has 3 rings (SSSR count). The van der Waals surface area contributed by atoms with Crippen molar-refractivity contribution < 1.29 is 13.9 Å². The van der Waals surface area contributed by atoms with Crippen molar-refractivity contribution in [2.45, 2.75) is 12.1 Å². The molecule has 2 N–H and O–H groups in total. The van der Waals surface area contributed by atoms with E-state index in [1.807, 2.05) is 24.3 Å². The Bertz CT molecular complexity index is 599. The van der Waals surface area contributed by atoms with E-state index in [-0.39, 0.29) is 30.5 Å². The van der Waals surface area contributed by atoms with Gasteiger partial charge in [-0.15, -0.1) is 12.4 Å². The number of rotatable bonds is 3. The van der Waals surface area contributed by atoms with Gasteiger partial charge in [0.15, 0.2) is 0 Å². The van der Waals surface area contributed by atoms with Crippen LogP contribution in [0.25, 0.3) is 11.0 Å². The highest BCUT2D eigenvalue weighted by molar-refractivity contribution is 6.06. The molecule has 1 amide bonds. The van der Waals surface area contributed by atoms with Crippen LogP contribution in [-0.4, -0.2) is 38.3 Å². The van der Waals surface area contributed by atoms with Crippen LogP contribution in [0, 0.1) is 0 Å². The Morgan fingerprint density at radius 1 is 1.40 bits per heavy atom. The number of fused-ring (bicyclic) bond motifs is 1. The van der Waals surface area contributed by atoms with E-state index in [1.165, 1.54) is 6.26 Å². The molecule has 2 atom stereocenters. The van der Waals surface area contributed by atoms with Crippen molar-refractivity contribution in [1.82, 2.24) is 10.6 Å². The first kappa shape index (κ1) is 14.8. The van der Waals surface area contributed by atoms with Crippen LogP contribution in [0.3, 0.4) is 0 Å². The number of amides is 1. The zero-order chi connectivity index (χ0) is 13.2. The van der Waals surface area contributed by atoms with Crippen LogP contribution in [0.5, 0.6) is 0 Å². The molecule has 2 aromatic rings. The minimum atomic E-state index is -0.124. The third-order valence-electron chi connectivity index (χ3n) is 3.50. The third-order valence-corrected chi connectivity index (χ3v) is 3.50. The lowest BCUT2D eigenvalue weighted by atomic mass is 10.1. The van der Waals surface area contributed by atoms with E-state index in [1.54, 1.807) is 7.11 Å². The number of methoxy groups -OCH3 is 1. The maximum absolute atomic E-state index is 12.3. The minimum Gasteiger partial charge on any atom is -0.463 e. The molecule has 1 saturated heterocycles. The predicted octanol–water partition coefficient (Wildman–Crippen LogP) is 1.57. The molecule has 1 fully saturated rings. The molecule has 2 unspecified atom stereocenters. The van der Waals surface area contributed by atoms with Gasteiger partial charge in [-0.05, 0) is 6.07 Å². The minimum absolute atomic E-state index is 0. The first-order valence-electron chi connectivity index (χ1n) is 6.30. The molecule has 5 nitrogen and oxygen atoms in total. The van der Waals surface area contributed by atoms with Crippen LogP contribution in [0.1, 0.15) is 10.4 Å². The molecule has 6 heteroatoms. The third kappa shape index (κ3) is 2.65. The van der Waals surface area contributed by atoms with Gasteiger partial charge in [0.2, 0.25) is 0 Å². The van der Waals surface area contributed by atoms with Crippen LogP contribution in [0.2, 0.25) is 0 Å². The van der Waals surface area contributed by atoms with Gasteiger partial charge in [0, 0.05) is 25.6 Å². The number of carbonyl (C=O) groups is 1. The zero-order valence-electron chi connectivity index (χ0n) is 11.1. The number of halogens is 1. The van der Waals surface area contributed by atoms with Crippen molar-refractivity contribution >= 4 is 29.3 Å². The Morgan fingerprint density at radius 3 is 3.00 bits per heavy atom. The number of furan rings is 1. The van der Waals surface area contributed by atoms with Crippen molar-refractivity contribution in [2.75, 3.05) is 20.2 Å². The van der Waals surface area contributed by atoms with Crippen LogP contribution >= 0.6 is 12.4 Å². The van der Waals surface area contributed by atoms with E-state index >= 15 is 0 Å². The second-order valence-electron chi connectivity index (χ2n) is 4.66. The van der Waals surface area contributed by atoms with Crippen LogP contribution in [-0.2, 0) is 4.74 Å². The highest BCUT2D eigenvalue weighted by Gasteiger charge is 2.29. The van der Waals surface area contributed by atoms with Gasteiger partial charge in [-0.2, -0.15) is 0 Å². The molecule has 0 bridgehead atoms. The average molecular weight is 297 g/mol. The van der Waals surface area contributed by atoms with Crippen LogP contribution in [0.4, 0.5) is 0 Å². The summed E-state index contributed by atoms with van der Waals surface area (Å²) >= 11 is 0. The van der Waals surface area contributed by atoms with Gasteiger partial charge in [-0.25, -0.2) is 0 Å². The Morgan fingerprint density at radius 2 is 2.20 bits per heavy atom. The molecule has 0 aliphatic carbocycles. The molecule has 1 aromatic carbocycles. The quantitative estimate of drug-likeness (QED) is 0.902. The topological polar surface area (TPSA) is 63.5 Å². The van der Waals surface area contributed by atoms with Crippen molar-refractivity contribution in [3.63, 3.8) is 0 Å². The van der Waals surface area contributed by atoms with E-state index in [2.05, 4.69) is 10.6 Å². The Hall–Kier alpha value is -1.56. The molecule has 2 heterocycles. The summed E-state index contributed by atoms with van der Waals surface area (Å²) in [6.45, 7) is 1.48. The van der Waals surface area contributed by atoms with Crippen LogP contribution < -0.4 is 10.6 Å². The van der Waals surface area contributed by atoms with E-state index in [9.17, 15) is 4.79 Å². The monoisotopic (exact) mass is 296 g/mol. The Labute approximate surface area is 123 Å². The number of ether oxygens (including phenoxy) is 1. The summed E-state index contributed by atoms with van der Waals surface area (Å²) in [7, 11) is 1.66. The lowest BCUT2D eigenvalue weighted by Gasteiger charge is -2.18. The zero-order valence-corrected chi connectivity index (χ0v) is 11.9. The van der Waals surface area contributed by atoms with Crippen molar-refractivity contribution in [3.8, 4) is 0 Å². The molecular weight excluding hydrogens is 280 g/mol. The maximum atomic E-state index is 12.3. The van der Waals surface area contributed by atoms with Crippen molar-refractivity contribution in [3.05, 3.63) is 36.1 Å². The average Bonchev–Trinajstić information content (AvgIpc) is 3.04. The number of benzene rings is 1. The van der Waals surface area contributed by atoms with Crippen molar-refractivity contribution in [1.29, 1.82) is 0 Å². The molecular formula is C14H17ClN2O3. The Kier molecular flexibility index (Phi) is 4.65. The van der Waals surface area contributed by atoms with E-state index < -0.39 is 0 Å². The molecule has 1 aliphatic heterocycles. The largest absolute Gasteiger partial charge is 0.463 e. The second-order valence-corrected chi connectivity index (χ2v) is 4.66. The first-order valence-corrected chi connectivity index (χ1v) is 6.30. The van der Waals surface area contributed by atoms with Gasteiger partial charge in [0.1, 0.15) is 11.8 Å². The highest BCUT2D eigenvalue weighted by Crippen LogP contribution is 2.20. The number of nitrogens with one attached hydrogen (secondary N) is 2. The van der Waals surface area contributed by atoms with E-state index in [4.69, 9.17) is 9.15 Å². The molecule has 20 heavy (non-hydrogen) atoms. The van der Waals surface area contributed by atoms with Gasteiger partial charge in [-0.3, -0.25) is 4.79 Å². The fraction of sp³-hybridized carbons (Fsp3) is 0.357. The molecule has 1 aliphatic rings. The smallest absolute Gasteiger partial charge is 0.255 e. The molecule has 1 aromatic heterocycles. The van der Waals surface area contributed by atoms with E-state index in [0.717, 1.165) is 24.1 Å². The fourth-order valence-corrected chi connectivity index (χ4v) is 2.45. The lowest BCUT2D eigenvalue weighted by Crippen LogP contribution is -2.43. The summed E-state index contributed by atoms with van der Waals surface area (Å²) in [6.07, 6.45) is 1.52. The molecule has 108 valence electrons. The van der Waals surface area contributed by atoms with Gasteiger partial charge in [0.05, 0.1) is 17.7 Å². The highest BCUT2D eigenvalue weighted by atomic mass is 35.5. The SMILES string of the molecule is COC1CNCC1NC(=O)c1coc2ccccc12.Cl. The first-order chi connectivity index (χ1) is 9.29. The maximum Gasteiger partial charge on any atom is 0.255 e. The summed E-state index contributed by atoms with van der Waals surface area (Å²) in [4.78, 5) is 12.3. The fourth-order valence-electron chi connectivity index (χ4n) is 2.45. The van der Waals surface area contributed by atoms with Gasteiger partial charge < -0.3 is 19.8 Å². The summed E-state index contributed by atoms with van der Waals surface area (Å²) in [5.74, 6) is -0.124. The molecule has 0 radical (unpaired) electrons. The summed E-state index contributed by atoms with van der Waals surface area (Å²) in [6, 6.07) is 7.50. The normalized spacial score (nSPS) is 21.6. The number of hydrogen-bond acceptors (Lipinski definition) is 4. The number of hydrogen-bond donors (Lipinski definition) is 2. The lowest BCUT2D eigenvalue weighted by molar-refractivity contribution is 0.0780. The molecule has 0 spiro atoms. The summed E-state index contributed by atoms with van der Waals surface area (Å²) < 4.78 is 10.7. The standard InChI is InChI=1S/C14H16N2O3.ClH/c1-18-13-7-15-6-11(13)16-14(17)10-8-19-12-5-3-2-4-9(10)12;/h2-5,8,11,13,15H,6-7H2,1H3,(H,16,17);1H. The summed E-state index contributed by atoms with van der Waals surface area (Å²) in [5.41, 5.74) is 1.29. The van der Waals surface area contributed by atoms with E-state index in [0.29, 0.717) is 5.56 Å². The van der Waals surface area contributed by atoms with Crippen molar-refractivity contribution in [2.24, 2.45) is 0 Å². The van der Waals surface area contributed by atoms with Crippen LogP contribution in [0.15, 0.2) is 34.9 Å². The van der Waals surface area contributed by atoms with Gasteiger partial charge >= 0.3 is 0 Å². The number of carbonyl (C=O) groups excluding carboxylic acids is 1. The molecule has 0 saturated carbocycles. The Balaban J connectivity index is 0.00000147. The number of para-hydroxylation sites is 1. The second kappa shape index (κ2) is 6.26.